The van der Waals surface area contributed by atoms with Crippen molar-refractivity contribution < 1.29 is 13.9 Å². The highest BCUT2D eigenvalue weighted by Gasteiger charge is 2.16. The Kier molecular flexibility index (Phi) is 3.62. The van der Waals surface area contributed by atoms with Crippen LogP contribution in [0.4, 0.5) is 0 Å². The van der Waals surface area contributed by atoms with E-state index in [1.807, 2.05) is 30.3 Å². The summed E-state index contributed by atoms with van der Waals surface area (Å²) in [5, 5.41) is 0. The summed E-state index contributed by atoms with van der Waals surface area (Å²) in [7, 11) is 1.23. The van der Waals surface area contributed by atoms with Crippen molar-refractivity contribution in [2.75, 3.05) is 7.11 Å². The lowest BCUT2D eigenvalue weighted by molar-refractivity contribution is 0.0559. The maximum absolute atomic E-state index is 11.6. The van der Waals surface area contributed by atoms with Gasteiger partial charge in [0.25, 0.3) is 0 Å². The molecule has 2 rings (SSSR count). The van der Waals surface area contributed by atoms with E-state index in [-0.39, 0.29) is 10.2 Å². The van der Waals surface area contributed by atoms with E-state index in [0.29, 0.717) is 5.56 Å². The number of carbonyl (C=O) groups is 1. The number of methoxy groups -OCH3 is 1. The molecule has 0 atom stereocenters. The number of rotatable bonds is 2. The molecule has 0 unspecified atom stereocenters. The number of benzene rings is 1. The summed E-state index contributed by atoms with van der Waals surface area (Å²) in [5.74, 6) is -0.804. The number of ether oxygens (including phenoxy) is 1. The SMILES string of the molecule is COC(=O)c1cc(-c2ccccc2)c(Br)c(=O)o1. The molecule has 0 N–H and O–H groups in total. The third kappa shape index (κ3) is 2.36. The van der Waals surface area contributed by atoms with Crippen LogP contribution < -0.4 is 5.63 Å². The lowest BCUT2D eigenvalue weighted by atomic mass is 10.1. The molecule has 18 heavy (non-hydrogen) atoms. The maximum atomic E-state index is 11.6. The summed E-state index contributed by atoms with van der Waals surface area (Å²) >= 11 is 3.16. The lowest BCUT2D eigenvalue weighted by Crippen LogP contribution is -2.09. The molecule has 2 aromatic rings. The normalized spacial score (nSPS) is 10.1. The predicted molar refractivity (Wildman–Crippen MR) is 69.5 cm³/mol. The van der Waals surface area contributed by atoms with E-state index in [0.717, 1.165) is 5.56 Å². The topological polar surface area (TPSA) is 56.5 Å². The molecule has 0 amide bonds. The highest BCUT2D eigenvalue weighted by atomic mass is 79.9. The van der Waals surface area contributed by atoms with Crippen LogP contribution in [0.3, 0.4) is 0 Å². The van der Waals surface area contributed by atoms with Crippen molar-refractivity contribution in [2.24, 2.45) is 0 Å². The van der Waals surface area contributed by atoms with Gasteiger partial charge < -0.3 is 9.15 Å². The van der Waals surface area contributed by atoms with E-state index < -0.39 is 11.6 Å². The zero-order chi connectivity index (χ0) is 13.1. The van der Waals surface area contributed by atoms with E-state index in [9.17, 15) is 9.59 Å². The van der Waals surface area contributed by atoms with Gasteiger partial charge in [-0.25, -0.2) is 9.59 Å². The largest absolute Gasteiger partial charge is 0.463 e. The molecule has 1 aromatic heterocycles. The van der Waals surface area contributed by atoms with Gasteiger partial charge in [-0.05, 0) is 27.6 Å². The quantitative estimate of drug-likeness (QED) is 0.801. The summed E-state index contributed by atoms with van der Waals surface area (Å²) in [6.45, 7) is 0. The van der Waals surface area contributed by atoms with Crippen LogP contribution in [-0.2, 0) is 4.74 Å². The number of carbonyl (C=O) groups excluding carboxylic acids is 1. The maximum Gasteiger partial charge on any atom is 0.374 e. The summed E-state index contributed by atoms with van der Waals surface area (Å²) < 4.78 is 9.66. The standard InChI is InChI=1S/C13H9BrO4/c1-17-12(15)10-7-9(11(14)13(16)18-10)8-5-3-2-4-6-8/h2-7H,1H3. The first kappa shape index (κ1) is 12.6. The fourth-order valence-corrected chi connectivity index (χ4v) is 1.93. The molecular formula is C13H9BrO4. The minimum Gasteiger partial charge on any atom is -0.463 e. The van der Waals surface area contributed by atoms with Crippen LogP contribution in [0.1, 0.15) is 10.6 Å². The van der Waals surface area contributed by atoms with Gasteiger partial charge in [-0.15, -0.1) is 0 Å². The van der Waals surface area contributed by atoms with Crippen LogP contribution in [-0.4, -0.2) is 13.1 Å². The van der Waals surface area contributed by atoms with Gasteiger partial charge in [-0.1, -0.05) is 30.3 Å². The fraction of sp³-hybridized carbons (Fsp3) is 0.0769. The molecule has 0 radical (unpaired) electrons. The van der Waals surface area contributed by atoms with Crippen LogP contribution in [0.15, 0.2) is 50.1 Å². The first-order valence-corrected chi connectivity index (χ1v) is 5.90. The molecule has 0 bridgehead atoms. The van der Waals surface area contributed by atoms with E-state index in [4.69, 9.17) is 4.42 Å². The summed E-state index contributed by atoms with van der Waals surface area (Å²) in [6.07, 6.45) is 0. The molecular weight excluding hydrogens is 300 g/mol. The Balaban J connectivity index is 2.64. The predicted octanol–water partition coefficient (Wildman–Crippen LogP) is 2.86. The first-order valence-electron chi connectivity index (χ1n) is 5.11. The summed E-state index contributed by atoms with van der Waals surface area (Å²) in [6, 6.07) is 10.7. The van der Waals surface area contributed by atoms with Crippen molar-refractivity contribution in [1.29, 1.82) is 0 Å². The van der Waals surface area contributed by atoms with Gasteiger partial charge in [0.05, 0.1) is 7.11 Å². The van der Waals surface area contributed by atoms with E-state index in [1.54, 1.807) is 0 Å². The van der Waals surface area contributed by atoms with Crippen molar-refractivity contribution in [2.45, 2.75) is 0 Å². The molecule has 0 aliphatic rings. The van der Waals surface area contributed by atoms with Gasteiger partial charge in [-0.2, -0.15) is 0 Å². The van der Waals surface area contributed by atoms with Gasteiger partial charge in [0.1, 0.15) is 4.47 Å². The van der Waals surface area contributed by atoms with Crippen LogP contribution in [0.5, 0.6) is 0 Å². The number of esters is 1. The monoisotopic (exact) mass is 308 g/mol. The minimum absolute atomic E-state index is 0.121. The van der Waals surface area contributed by atoms with E-state index >= 15 is 0 Å². The zero-order valence-electron chi connectivity index (χ0n) is 9.48. The molecule has 0 aliphatic carbocycles. The van der Waals surface area contributed by atoms with Crippen molar-refractivity contribution in [3.63, 3.8) is 0 Å². The number of halogens is 1. The summed E-state index contributed by atoms with van der Waals surface area (Å²) in [4.78, 5) is 23.0. The van der Waals surface area contributed by atoms with Gasteiger partial charge in [0.2, 0.25) is 5.76 Å². The average molecular weight is 309 g/mol. The van der Waals surface area contributed by atoms with Crippen LogP contribution >= 0.6 is 15.9 Å². The number of hydrogen-bond acceptors (Lipinski definition) is 4. The Bertz CT molecular complexity index is 631. The minimum atomic E-state index is -0.684. The van der Waals surface area contributed by atoms with E-state index in [1.165, 1.54) is 13.2 Å². The third-order valence-corrected chi connectivity index (χ3v) is 3.12. The Hall–Kier alpha value is -1.88. The van der Waals surface area contributed by atoms with Gasteiger partial charge in [-0.3, -0.25) is 0 Å². The molecule has 0 aliphatic heterocycles. The first-order chi connectivity index (χ1) is 8.63. The molecule has 1 aromatic carbocycles. The Morgan fingerprint density at radius 3 is 2.56 bits per heavy atom. The molecule has 0 saturated carbocycles. The van der Waals surface area contributed by atoms with Gasteiger partial charge >= 0.3 is 11.6 Å². The second kappa shape index (κ2) is 5.18. The van der Waals surface area contributed by atoms with Crippen LogP contribution in [0.25, 0.3) is 11.1 Å². The van der Waals surface area contributed by atoms with Gasteiger partial charge in [0.15, 0.2) is 0 Å². The zero-order valence-corrected chi connectivity index (χ0v) is 11.1. The highest BCUT2D eigenvalue weighted by Crippen LogP contribution is 2.26. The molecule has 0 fully saturated rings. The lowest BCUT2D eigenvalue weighted by Gasteiger charge is -2.05. The van der Waals surface area contributed by atoms with Gasteiger partial charge in [0, 0.05) is 5.56 Å². The van der Waals surface area contributed by atoms with E-state index in [2.05, 4.69) is 20.7 Å². The van der Waals surface area contributed by atoms with Crippen molar-refractivity contribution in [1.82, 2.24) is 0 Å². The molecule has 5 heteroatoms. The Morgan fingerprint density at radius 2 is 1.94 bits per heavy atom. The second-order valence-corrected chi connectivity index (χ2v) is 4.28. The van der Waals surface area contributed by atoms with Crippen molar-refractivity contribution >= 4 is 21.9 Å². The average Bonchev–Trinajstić information content (AvgIpc) is 2.41. The summed E-state index contributed by atoms with van der Waals surface area (Å²) in [5.41, 5.74) is 0.784. The number of hydrogen-bond donors (Lipinski definition) is 0. The Morgan fingerprint density at radius 1 is 1.28 bits per heavy atom. The smallest absolute Gasteiger partial charge is 0.374 e. The molecule has 1 heterocycles. The Labute approximate surface area is 111 Å². The molecule has 92 valence electrons. The second-order valence-electron chi connectivity index (χ2n) is 3.48. The van der Waals surface area contributed by atoms with Crippen LogP contribution in [0.2, 0.25) is 0 Å². The highest BCUT2D eigenvalue weighted by molar-refractivity contribution is 9.10. The van der Waals surface area contributed by atoms with Crippen LogP contribution in [0, 0.1) is 0 Å². The molecule has 4 nitrogen and oxygen atoms in total. The van der Waals surface area contributed by atoms with Crippen molar-refractivity contribution in [3.05, 3.63) is 57.1 Å². The molecule has 0 saturated heterocycles. The third-order valence-electron chi connectivity index (χ3n) is 2.37. The van der Waals surface area contributed by atoms with Crippen molar-refractivity contribution in [3.8, 4) is 11.1 Å². The molecule has 0 spiro atoms. The fourth-order valence-electron chi connectivity index (χ4n) is 1.51.